The Balaban J connectivity index is 1.78. The summed E-state index contributed by atoms with van der Waals surface area (Å²) in [5.41, 5.74) is -0.673. The number of phosphoric acid groups is 1. The van der Waals surface area contributed by atoms with Crippen LogP contribution in [0, 0.1) is 0 Å². The van der Waals surface area contributed by atoms with Gasteiger partial charge in [-0.15, -0.1) is 0 Å². The van der Waals surface area contributed by atoms with Crippen LogP contribution in [0.1, 0.15) is 0 Å². The van der Waals surface area contributed by atoms with E-state index in [1.807, 2.05) is 30.3 Å². The lowest BCUT2D eigenvalue weighted by Crippen LogP contribution is -2.55. The third-order valence-electron chi connectivity index (χ3n) is 2.53. The first-order valence-corrected chi connectivity index (χ1v) is 6.44. The van der Waals surface area contributed by atoms with Crippen LogP contribution < -0.4 is 4.74 Å². The molecule has 0 saturated carbocycles. The van der Waals surface area contributed by atoms with Gasteiger partial charge in [-0.25, -0.2) is 4.57 Å². The fourth-order valence-corrected chi connectivity index (χ4v) is 3.06. The number of benzene rings is 1. The van der Waals surface area contributed by atoms with Crippen molar-refractivity contribution < 1.29 is 22.9 Å². The Bertz CT molecular complexity index is 401. The van der Waals surface area contributed by atoms with Crippen LogP contribution in [0.3, 0.4) is 0 Å². The maximum absolute atomic E-state index is 11.5. The minimum Gasteiger partial charge on any atom is -0.480 e. The lowest BCUT2D eigenvalue weighted by atomic mass is 10.1. The van der Waals surface area contributed by atoms with Crippen LogP contribution in [0.2, 0.25) is 0 Å². The van der Waals surface area contributed by atoms with Crippen LogP contribution in [0.5, 0.6) is 5.75 Å². The molecule has 6 heteroatoms. The van der Waals surface area contributed by atoms with E-state index in [0.717, 1.165) is 5.75 Å². The minimum atomic E-state index is -3.26. The summed E-state index contributed by atoms with van der Waals surface area (Å²) in [4.78, 5) is 0. The average Bonchev–Trinajstić information content (AvgIpc) is 2.33. The molecule has 3 aliphatic rings. The predicted molar refractivity (Wildman–Crippen MR) is 55.3 cm³/mol. The lowest BCUT2D eigenvalue weighted by Gasteiger charge is -2.43. The smallest absolute Gasteiger partial charge is 0.475 e. The number of para-hydroxylation sites is 1. The van der Waals surface area contributed by atoms with Crippen molar-refractivity contribution in [2.24, 2.45) is 0 Å². The monoisotopic (exact) mass is 242 g/mol. The van der Waals surface area contributed by atoms with Crippen molar-refractivity contribution in [2.75, 3.05) is 19.8 Å². The Morgan fingerprint density at radius 1 is 1.06 bits per heavy atom. The van der Waals surface area contributed by atoms with Crippen molar-refractivity contribution in [1.29, 1.82) is 0 Å². The number of phosphoric ester groups is 1. The summed E-state index contributed by atoms with van der Waals surface area (Å²) in [6.07, 6.45) is 0. The Kier molecular flexibility index (Phi) is 2.30. The first-order valence-electron chi connectivity index (χ1n) is 4.98. The van der Waals surface area contributed by atoms with Gasteiger partial charge in [-0.05, 0) is 12.1 Å². The molecular formula is C10H11O5P. The highest BCUT2D eigenvalue weighted by Crippen LogP contribution is 2.58. The SMILES string of the molecule is O=P12OCC(Oc3ccccc3)(CO1)CO2. The molecule has 3 heterocycles. The highest BCUT2D eigenvalue weighted by molar-refractivity contribution is 7.48. The third-order valence-corrected chi connectivity index (χ3v) is 3.87. The van der Waals surface area contributed by atoms with Crippen LogP contribution in [0.4, 0.5) is 0 Å². The van der Waals surface area contributed by atoms with Gasteiger partial charge in [-0.3, -0.25) is 13.6 Å². The van der Waals surface area contributed by atoms with E-state index in [2.05, 4.69) is 0 Å². The summed E-state index contributed by atoms with van der Waals surface area (Å²) in [7, 11) is -3.26. The highest BCUT2D eigenvalue weighted by atomic mass is 31.2. The molecule has 2 bridgehead atoms. The molecule has 3 fully saturated rings. The minimum absolute atomic E-state index is 0.235. The molecule has 3 saturated heterocycles. The molecule has 5 nitrogen and oxygen atoms in total. The molecule has 3 aliphatic heterocycles. The summed E-state index contributed by atoms with van der Waals surface area (Å²) in [6.45, 7) is 0.706. The van der Waals surface area contributed by atoms with E-state index in [4.69, 9.17) is 18.3 Å². The van der Waals surface area contributed by atoms with Crippen LogP contribution in [-0.4, -0.2) is 25.4 Å². The van der Waals surface area contributed by atoms with Crippen molar-refractivity contribution in [1.82, 2.24) is 0 Å². The third kappa shape index (κ3) is 1.76. The Labute approximate surface area is 92.9 Å². The van der Waals surface area contributed by atoms with E-state index in [9.17, 15) is 4.57 Å². The second kappa shape index (κ2) is 3.57. The van der Waals surface area contributed by atoms with E-state index in [0.29, 0.717) is 0 Å². The molecule has 0 aliphatic carbocycles. The maximum atomic E-state index is 11.5. The molecule has 1 aromatic rings. The van der Waals surface area contributed by atoms with Crippen LogP contribution in [-0.2, 0) is 18.1 Å². The van der Waals surface area contributed by atoms with Gasteiger partial charge in [0.05, 0.1) is 0 Å². The molecule has 0 amide bonds. The van der Waals surface area contributed by atoms with E-state index in [1.165, 1.54) is 0 Å². The summed E-state index contributed by atoms with van der Waals surface area (Å²) >= 11 is 0. The normalized spacial score (nSPS) is 37.2. The summed E-state index contributed by atoms with van der Waals surface area (Å²) in [6, 6.07) is 9.36. The van der Waals surface area contributed by atoms with E-state index < -0.39 is 13.4 Å². The van der Waals surface area contributed by atoms with Gasteiger partial charge in [0.15, 0.2) is 5.60 Å². The number of fused-ring (bicyclic) bond motifs is 3. The van der Waals surface area contributed by atoms with Gasteiger partial charge in [0.1, 0.15) is 25.6 Å². The van der Waals surface area contributed by atoms with Crippen molar-refractivity contribution in [3.63, 3.8) is 0 Å². The van der Waals surface area contributed by atoms with Gasteiger partial charge >= 0.3 is 7.82 Å². The molecule has 86 valence electrons. The maximum Gasteiger partial charge on any atom is 0.475 e. The largest absolute Gasteiger partial charge is 0.480 e. The number of hydrogen-bond donors (Lipinski definition) is 0. The predicted octanol–water partition coefficient (Wildman–Crippen LogP) is 1.99. The summed E-state index contributed by atoms with van der Waals surface area (Å²) < 4.78 is 32.4. The Morgan fingerprint density at radius 2 is 1.62 bits per heavy atom. The molecule has 0 spiro atoms. The first-order chi connectivity index (χ1) is 7.70. The molecule has 0 radical (unpaired) electrons. The molecular weight excluding hydrogens is 231 g/mol. The Hall–Kier alpha value is -0.870. The number of ether oxygens (including phenoxy) is 1. The van der Waals surface area contributed by atoms with Gasteiger partial charge in [0.2, 0.25) is 0 Å². The molecule has 4 rings (SSSR count). The van der Waals surface area contributed by atoms with Crippen LogP contribution in [0.15, 0.2) is 30.3 Å². The fraction of sp³-hybridized carbons (Fsp3) is 0.400. The molecule has 0 aromatic heterocycles. The number of hydrogen-bond acceptors (Lipinski definition) is 5. The topological polar surface area (TPSA) is 54.0 Å². The van der Waals surface area contributed by atoms with Crippen molar-refractivity contribution in [3.05, 3.63) is 30.3 Å². The molecule has 0 atom stereocenters. The standard InChI is InChI=1S/C10H11O5P/c11-16-12-6-10(7-13-16,8-14-16)15-9-4-2-1-3-5-9/h1-5H,6-8H2. The molecule has 16 heavy (non-hydrogen) atoms. The summed E-state index contributed by atoms with van der Waals surface area (Å²) in [5.74, 6) is 0.719. The zero-order valence-electron chi connectivity index (χ0n) is 8.50. The Morgan fingerprint density at radius 3 is 2.19 bits per heavy atom. The van der Waals surface area contributed by atoms with Gasteiger partial charge < -0.3 is 4.74 Å². The van der Waals surface area contributed by atoms with Gasteiger partial charge in [0.25, 0.3) is 0 Å². The second-order valence-electron chi connectivity index (χ2n) is 3.87. The quantitative estimate of drug-likeness (QED) is 0.742. The van der Waals surface area contributed by atoms with Gasteiger partial charge in [-0.1, -0.05) is 18.2 Å². The van der Waals surface area contributed by atoms with E-state index in [1.54, 1.807) is 0 Å². The van der Waals surface area contributed by atoms with E-state index in [-0.39, 0.29) is 19.8 Å². The molecule has 0 unspecified atom stereocenters. The van der Waals surface area contributed by atoms with Crippen molar-refractivity contribution in [3.8, 4) is 5.75 Å². The van der Waals surface area contributed by atoms with E-state index >= 15 is 0 Å². The average molecular weight is 242 g/mol. The molecule has 1 aromatic carbocycles. The molecule has 0 N–H and O–H groups in total. The van der Waals surface area contributed by atoms with Crippen molar-refractivity contribution in [2.45, 2.75) is 5.60 Å². The first kappa shape index (κ1) is 10.3. The fourth-order valence-electron chi connectivity index (χ4n) is 1.65. The zero-order valence-corrected chi connectivity index (χ0v) is 9.39. The van der Waals surface area contributed by atoms with Crippen molar-refractivity contribution >= 4 is 7.82 Å². The van der Waals surface area contributed by atoms with Gasteiger partial charge in [-0.2, -0.15) is 0 Å². The van der Waals surface area contributed by atoms with Gasteiger partial charge in [0, 0.05) is 0 Å². The zero-order chi connectivity index (χ0) is 11.1. The highest BCUT2D eigenvalue weighted by Gasteiger charge is 2.52. The number of rotatable bonds is 2. The second-order valence-corrected chi connectivity index (χ2v) is 5.53. The lowest BCUT2D eigenvalue weighted by molar-refractivity contribution is -0.137. The summed E-state index contributed by atoms with van der Waals surface area (Å²) in [5, 5.41) is 0. The van der Waals surface area contributed by atoms with Crippen LogP contribution >= 0.6 is 7.82 Å². The van der Waals surface area contributed by atoms with Crippen LogP contribution in [0.25, 0.3) is 0 Å².